The van der Waals surface area contributed by atoms with Crippen LogP contribution in [-0.4, -0.2) is 0 Å². The molecule has 2 heteroatoms. The fraction of sp³-hybridized carbons (Fsp3) is 0.121. The average Bonchev–Trinajstić information content (AvgIpc) is 4.21. The first-order chi connectivity index (χ1) is 33.7. The predicted octanol–water partition coefficient (Wildman–Crippen LogP) is 17.8. The monoisotopic (exact) mass is 871 g/mol. The number of benzene rings is 10. The van der Waals surface area contributed by atoms with E-state index >= 15 is 0 Å². The van der Waals surface area contributed by atoms with Crippen LogP contribution in [0.2, 0.25) is 0 Å². The summed E-state index contributed by atoms with van der Waals surface area (Å²) >= 11 is 0. The second kappa shape index (κ2) is 15.6. The lowest BCUT2D eigenvalue weighted by molar-refractivity contribution is 0.420. The van der Waals surface area contributed by atoms with Crippen LogP contribution in [0.25, 0.3) is 66.1 Å². The van der Waals surface area contributed by atoms with Gasteiger partial charge in [-0.2, -0.15) is 0 Å². The molecule has 324 valence electrons. The molecule has 2 nitrogen and oxygen atoms in total. The number of nitrogens with zero attached hydrogens (tertiary/aromatic N) is 1. The molecule has 0 aliphatic heterocycles. The summed E-state index contributed by atoms with van der Waals surface area (Å²) in [6.45, 7) is 0. The van der Waals surface area contributed by atoms with Gasteiger partial charge in [-0.3, -0.25) is 0 Å². The summed E-state index contributed by atoms with van der Waals surface area (Å²) in [5.74, 6) is 2.41. The van der Waals surface area contributed by atoms with E-state index in [1.54, 1.807) is 0 Å². The fourth-order valence-corrected chi connectivity index (χ4v) is 13.1. The maximum absolute atomic E-state index is 6.35. The number of fused-ring (bicyclic) bond motifs is 9. The molecule has 0 radical (unpaired) electrons. The summed E-state index contributed by atoms with van der Waals surface area (Å²) < 4.78 is 6.35. The molecule has 10 aromatic carbocycles. The molecule has 0 saturated heterocycles. The lowest BCUT2D eigenvalue weighted by atomic mass is 9.67. The maximum Gasteiger partial charge on any atom is 0.135 e. The Hall–Kier alpha value is -7.94. The molecule has 2 saturated carbocycles. The van der Waals surface area contributed by atoms with Gasteiger partial charge in [0.1, 0.15) is 11.2 Å². The molecule has 14 rings (SSSR count). The van der Waals surface area contributed by atoms with Gasteiger partial charge in [-0.1, -0.05) is 188 Å². The van der Waals surface area contributed by atoms with Crippen molar-refractivity contribution in [3.63, 3.8) is 0 Å². The second-order valence-corrected chi connectivity index (χ2v) is 19.5. The van der Waals surface area contributed by atoms with Gasteiger partial charge >= 0.3 is 0 Å². The highest BCUT2D eigenvalue weighted by Gasteiger charge is 2.47. The van der Waals surface area contributed by atoms with Gasteiger partial charge in [0.25, 0.3) is 0 Å². The summed E-state index contributed by atoms with van der Waals surface area (Å²) in [6, 6.07) is 85.7. The van der Waals surface area contributed by atoms with Crippen molar-refractivity contribution < 1.29 is 4.42 Å². The van der Waals surface area contributed by atoms with Gasteiger partial charge in [0.15, 0.2) is 0 Å². The first-order valence-electron chi connectivity index (χ1n) is 24.5. The van der Waals surface area contributed by atoms with Gasteiger partial charge in [0.05, 0.1) is 5.41 Å². The van der Waals surface area contributed by atoms with E-state index in [9.17, 15) is 0 Å². The third kappa shape index (κ3) is 6.03. The lowest BCUT2D eigenvalue weighted by Gasteiger charge is -2.34. The molecule has 0 spiro atoms. The highest BCUT2D eigenvalue weighted by molar-refractivity contribution is 6.08. The van der Waals surface area contributed by atoms with E-state index < -0.39 is 5.41 Å². The second-order valence-electron chi connectivity index (χ2n) is 19.5. The molecule has 3 aliphatic rings. The van der Waals surface area contributed by atoms with Crippen LogP contribution in [0.5, 0.6) is 0 Å². The minimum atomic E-state index is -0.475. The third-order valence-electron chi connectivity index (χ3n) is 16.0. The molecule has 4 unspecified atom stereocenters. The average molecular weight is 872 g/mol. The van der Waals surface area contributed by atoms with Crippen molar-refractivity contribution in [2.45, 2.75) is 37.0 Å². The number of hydrogen-bond acceptors (Lipinski definition) is 2. The number of anilines is 3. The van der Waals surface area contributed by atoms with Crippen LogP contribution < -0.4 is 4.90 Å². The molecule has 68 heavy (non-hydrogen) atoms. The minimum absolute atomic E-state index is 0.475. The Morgan fingerprint density at radius 2 is 1.03 bits per heavy atom. The molecule has 2 fully saturated rings. The van der Waals surface area contributed by atoms with Crippen molar-refractivity contribution in [2.24, 2.45) is 11.8 Å². The highest BCUT2D eigenvalue weighted by Crippen LogP contribution is 2.59. The van der Waals surface area contributed by atoms with Gasteiger partial charge in [-0.05, 0) is 158 Å². The van der Waals surface area contributed by atoms with Crippen molar-refractivity contribution in [2.75, 3.05) is 4.90 Å². The number of rotatable bonds is 8. The van der Waals surface area contributed by atoms with Crippen LogP contribution in [0.3, 0.4) is 0 Å². The van der Waals surface area contributed by atoms with E-state index in [1.165, 1.54) is 97.7 Å². The molecule has 1 aromatic heterocycles. The molecule has 3 aliphatic carbocycles. The summed E-state index contributed by atoms with van der Waals surface area (Å²) in [5.41, 5.74) is 19.0. The van der Waals surface area contributed by atoms with Gasteiger partial charge < -0.3 is 9.32 Å². The summed E-state index contributed by atoms with van der Waals surface area (Å²) in [5, 5.41) is 4.72. The van der Waals surface area contributed by atoms with E-state index in [4.69, 9.17) is 4.42 Å². The number of para-hydroxylation sites is 1. The van der Waals surface area contributed by atoms with E-state index in [-0.39, 0.29) is 0 Å². The smallest absolute Gasteiger partial charge is 0.135 e. The van der Waals surface area contributed by atoms with Gasteiger partial charge in [-0.15, -0.1) is 0 Å². The topological polar surface area (TPSA) is 16.4 Å². The SMILES string of the molecule is c1ccc(-c2cccc3cccc(-c4ccc(N(c5ccc(C6(c7ccccc7)c7ccccc7-c7cc(C8CC9CCC8C9)ccc76)cc5)c5ccc6oc7ccccc7c6c5)cc4)c23)cc1. The van der Waals surface area contributed by atoms with Crippen molar-refractivity contribution >= 4 is 49.8 Å². The van der Waals surface area contributed by atoms with Crippen molar-refractivity contribution in [3.8, 4) is 33.4 Å². The maximum atomic E-state index is 6.35. The predicted molar refractivity (Wildman–Crippen MR) is 282 cm³/mol. The Morgan fingerprint density at radius 3 is 1.78 bits per heavy atom. The van der Waals surface area contributed by atoms with Crippen molar-refractivity contribution in [1.29, 1.82) is 0 Å². The number of hydrogen-bond donors (Lipinski definition) is 0. The zero-order chi connectivity index (χ0) is 44.8. The Kier molecular flexibility index (Phi) is 8.99. The minimum Gasteiger partial charge on any atom is -0.456 e. The molecule has 0 amide bonds. The standard InChI is InChI=1S/C66H49NO/c1-3-13-44(14-4-1)54-21-11-15-46-16-12-22-55(65(46)54)45-27-32-51(33-28-45)67(53-36-38-64-60(42-53)57-20-8-10-24-63(57)68-64)52-34-30-50(31-35-52)66(49-17-5-2-6-18-49)61-23-9-7-19-56(61)59-41-48(29-37-62(59)66)58-40-43-25-26-47(58)39-43/h1-24,27-38,41-43,47,58H,25-26,39-40H2. The molecule has 2 bridgehead atoms. The molecular weight excluding hydrogens is 823 g/mol. The van der Waals surface area contributed by atoms with Crippen LogP contribution in [-0.2, 0) is 5.41 Å². The molecule has 11 aromatic rings. The van der Waals surface area contributed by atoms with Crippen LogP contribution in [0.15, 0.2) is 235 Å². The van der Waals surface area contributed by atoms with E-state index in [0.29, 0.717) is 5.92 Å². The summed E-state index contributed by atoms with van der Waals surface area (Å²) in [7, 11) is 0. The molecule has 0 N–H and O–H groups in total. The first kappa shape index (κ1) is 39.2. The Balaban J connectivity index is 0.918. The van der Waals surface area contributed by atoms with Crippen LogP contribution >= 0.6 is 0 Å². The number of furan rings is 1. The summed E-state index contributed by atoms with van der Waals surface area (Å²) in [4.78, 5) is 2.40. The van der Waals surface area contributed by atoms with E-state index in [1.807, 2.05) is 6.07 Å². The normalized spacial score (nSPS) is 19.1. The van der Waals surface area contributed by atoms with E-state index in [0.717, 1.165) is 50.8 Å². The Morgan fingerprint density at radius 1 is 0.412 bits per heavy atom. The molecular formula is C66H49NO. The quantitative estimate of drug-likeness (QED) is 0.151. The molecule has 1 heterocycles. The third-order valence-corrected chi connectivity index (χ3v) is 16.0. The van der Waals surface area contributed by atoms with Crippen molar-refractivity contribution in [3.05, 3.63) is 258 Å². The van der Waals surface area contributed by atoms with E-state index in [2.05, 4.69) is 229 Å². The van der Waals surface area contributed by atoms with Gasteiger partial charge in [0.2, 0.25) is 0 Å². The van der Waals surface area contributed by atoms with Gasteiger partial charge in [-0.25, -0.2) is 0 Å². The summed E-state index contributed by atoms with van der Waals surface area (Å²) in [6.07, 6.45) is 5.56. The lowest BCUT2D eigenvalue weighted by Crippen LogP contribution is -2.28. The van der Waals surface area contributed by atoms with Gasteiger partial charge in [0, 0.05) is 27.8 Å². The van der Waals surface area contributed by atoms with Crippen molar-refractivity contribution in [1.82, 2.24) is 0 Å². The van der Waals surface area contributed by atoms with Crippen LogP contribution in [0.4, 0.5) is 17.1 Å². The Bertz CT molecular complexity index is 3690. The zero-order valence-electron chi connectivity index (χ0n) is 37.9. The Labute approximate surface area is 397 Å². The van der Waals surface area contributed by atoms with Crippen LogP contribution in [0.1, 0.15) is 59.4 Å². The van der Waals surface area contributed by atoms with Crippen LogP contribution in [0, 0.1) is 11.8 Å². The largest absolute Gasteiger partial charge is 0.456 e. The molecule has 4 atom stereocenters. The highest BCUT2D eigenvalue weighted by atomic mass is 16.3. The zero-order valence-corrected chi connectivity index (χ0v) is 37.9. The fourth-order valence-electron chi connectivity index (χ4n) is 13.1. The first-order valence-corrected chi connectivity index (χ1v) is 24.5.